The fourth-order valence-corrected chi connectivity index (χ4v) is 1.70. The molecule has 1 heterocycles. The molecule has 0 unspecified atom stereocenters. The van der Waals surface area contributed by atoms with E-state index in [2.05, 4.69) is 10.3 Å². The normalized spacial score (nSPS) is 10.4. The van der Waals surface area contributed by atoms with E-state index in [9.17, 15) is 4.79 Å². The molecule has 0 radical (unpaired) electrons. The number of carbonyl (C=O) groups excluding carboxylic acids is 1. The number of hydrogen-bond donors (Lipinski definition) is 2. The Bertz CT molecular complexity index is 595. The van der Waals surface area contributed by atoms with Crippen molar-refractivity contribution < 1.29 is 9.21 Å². The molecular formula is C13H14ClN3O2. The standard InChI is InChI=1S/C13H14ClN3O2/c1-2-9-6-16-12(19-9)7-17-13(18)8-3-4-11(15)10(14)5-8/h3-6H,2,7,15H2,1H3,(H,17,18). The molecule has 1 amide bonds. The lowest BCUT2D eigenvalue weighted by molar-refractivity contribution is 0.0947. The number of rotatable bonds is 4. The minimum Gasteiger partial charge on any atom is -0.444 e. The zero-order chi connectivity index (χ0) is 13.8. The van der Waals surface area contributed by atoms with Crippen LogP contribution < -0.4 is 11.1 Å². The van der Waals surface area contributed by atoms with Gasteiger partial charge in [-0.25, -0.2) is 4.98 Å². The number of halogens is 1. The summed E-state index contributed by atoms with van der Waals surface area (Å²) in [5, 5.41) is 3.06. The van der Waals surface area contributed by atoms with E-state index in [-0.39, 0.29) is 12.5 Å². The highest BCUT2D eigenvalue weighted by atomic mass is 35.5. The van der Waals surface area contributed by atoms with Crippen molar-refractivity contribution in [3.63, 3.8) is 0 Å². The number of aromatic nitrogens is 1. The maximum Gasteiger partial charge on any atom is 0.251 e. The molecule has 0 fully saturated rings. The van der Waals surface area contributed by atoms with Crippen molar-refractivity contribution in [2.24, 2.45) is 0 Å². The Labute approximate surface area is 115 Å². The van der Waals surface area contributed by atoms with Crippen LogP contribution in [0, 0.1) is 0 Å². The average Bonchev–Trinajstić information content (AvgIpc) is 2.87. The Morgan fingerprint density at radius 2 is 2.32 bits per heavy atom. The second-order valence-electron chi connectivity index (χ2n) is 3.99. The maximum absolute atomic E-state index is 11.9. The zero-order valence-electron chi connectivity index (χ0n) is 10.4. The summed E-state index contributed by atoms with van der Waals surface area (Å²) in [5.41, 5.74) is 6.47. The van der Waals surface area contributed by atoms with Crippen LogP contribution in [0.5, 0.6) is 0 Å². The molecule has 6 heteroatoms. The van der Waals surface area contributed by atoms with Crippen molar-refractivity contribution in [1.29, 1.82) is 0 Å². The van der Waals surface area contributed by atoms with Gasteiger partial charge in [0.2, 0.25) is 5.89 Å². The van der Waals surface area contributed by atoms with Gasteiger partial charge in [0.25, 0.3) is 5.91 Å². The van der Waals surface area contributed by atoms with Gasteiger partial charge in [0.15, 0.2) is 0 Å². The van der Waals surface area contributed by atoms with Gasteiger partial charge in [0, 0.05) is 12.0 Å². The third-order valence-corrected chi connectivity index (χ3v) is 2.94. The van der Waals surface area contributed by atoms with E-state index >= 15 is 0 Å². The van der Waals surface area contributed by atoms with Gasteiger partial charge in [-0.1, -0.05) is 18.5 Å². The van der Waals surface area contributed by atoms with Crippen LogP contribution in [-0.4, -0.2) is 10.9 Å². The summed E-state index contributed by atoms with van der Waals surface area (Å²) in [6.07, 6.45) is 2.43. The van der Waals surface area contributed by atoms with Crippen molar-refractivity contribution in [3.8, 4) is 0 Å². The quantitative estimate of drug-likeness (QED) is 0.842. The van der Waals surface area contributed by atoms with Gasteiger partial charge in [0.1, 0.15) is 5.76 Å². The maximum atomic E-state index is 11.9. The molecule has 3 N–H and O–H groups in total. The number of carbonyl (C=O) groups is 1. The molecule has 0 aliphatic carbocycles. The first-order valence-electron chi connectivity index (χ1n) is 5.87. The number of nitrogen functional groups attached to an aromatic ring is 1. The Morgan fingerprint density at radius 1 is 1.53 bits per heavy atom. The highest BCUT2D eigenvalue weighted by Crippen LogP contribution is 2.19. The smallest absolute Gasteiger partial charge is 0.251 e. The SMILES string of the molecule is CCc1cnc(CNC(=O)c2ccc(N)c(Cl)c2)o1. The van der Waals surface area contributed by atoms with Crippen molar-refractivity contribution in [2.45, 2.75) is 19.9 Å². The van der Waals surface area contributed by atoms with Crippen molar-refractivity contribution in [3.05, 3.63) is 46.6 Å². The van der Waals surface area contributed by atoms with Gasteiger partial charge in [-0.05, 0) is 18.2 Å². The summed E-state index contributed by atoms with van der Waals surface area (Å²) in [6, 6.07) is 4.74. The summed E-state index contributed by atoms with van der Waals surface area (Å²) >= 11 is 5.86. The number of oxazole rings is 1. The first-order chi connectivity index (χ1) is 9.10. The minimum absolute atomic E-state index is 0.237. The third kappa shape index (κ3) is 3.26. The highest BCUT2D eigenvalue weighted by Gasteiger charge is 2.09. The van der Waals surface area contributed by atoms with E-state index in [1.807, 2.05) is 6.92 Å². The molecular weight excluding hydrogens is 266 g/mol. The van der Waals surface area contributed by atoms with Crippen molar-refractivity contribution >= 4 is 23.2 Å². The van der Waals surface area contributed by atoms with Gasteiger partial charge in [-0.15, -0.1) is 0 Å². The van der Waals surface area contributed by atoms with E-state index in [1.54, 1.807) is 18.3 Å². The first-order valence-corrected chi connectivity index (χ1v) is 6.24. The Morgan fingerprint density at radius 3 is 2.95 bits per heavy atom. The number of hydrogen-bond acceptors (Lipinski definition) is 4. The van der Waals surface area contributed by atoms with E-state index < -0.39 is 0 Å². The van der Waals surface area contributed by atoms with E-state index in [4.69, 9.17) is 21.8 Å². The van der Waals surface area contributed by atoms with Gasteiger partial charge < -0.3 is 15.5 Å². The predicted octanol–water partition coefficient (Wildman–Crippen LogP) is 2.40. The minimum atomic E-state index is -0.252. The van der Waals surface area contributed by atoms with Gasteiger partial charge in [0.05, 0.1) is 23.5 Å². The summed E-state index contributed by atoms with van der Waals surface area (Å²) < 4.78 is 5.39. The molecule has 0 saturated carbocycles. The fourth-order valence-electron chi connectivity index (χ4n) is 1.52. The number of nitrogens with one attached hydrogen (secondary N) is 1. The molecule has 2 aromatic rings. The summed E-state index contributed by atoms with van der Waals surface area (Å²) in [4.78, 5) is 15.9. The van der Waals surface area contributed by atoms with Crippen LogP contribution in [0.2, 0.25) is 5.02 Å². The summed E-state index contributed by atoms with van der Waals surface area (Å²) in [7, 11) is 0. The molecule has 19 heavy (non-hydrogen) atoms. The fraction of sp³-hybridized carbons (Fsp3) is 0.231. The first kappa shape index (κ1) is 13.4. The molecule has 0 aliphatic rings. The van der Waals surface area contributed by atoms with Gasteiger partial charge >= 0.3 is 0 Å². The lowest BCUT2D eigenvalue weighted by Crippen LogP contribution is -2.22. The molecule has 0 saturated heterocycles. The van der Waals surface area contributed by atoms with Crippen LogP contribution in [0.3, 0.4) is 0 Å². The van der Waals surface area contributed by atoms with E-state index in [1.165, 1.54) is 6.07 Å². The molecule has 0 atom stereocenters. The molecule has 0 aliphatic heterocycles. The third-order valence-electron chi connectivity index (χ3n) is 2.61. The Balaban J connectivity index is 1.99. The van der Waals surface area contributed by atoms with Crippen molar-refractivity contribution in [1.82, 2.24) is 10.3 Å². The van der Waals surface area contributed by atoms with Crippen LogP contribution in [-0.2, 0) is 13.0 Å². The van der Waals surface area contributed by atoms with E-state index in [0.717, 1.165) is 12.2 Å². The number of benzene rings is 1. The number of nitrogens with zero attached hydrogens (tertiary/aromatic N) is 1. The lowest BCUT2D eigenvalue weighted by atomic mass is 10.2. The lowest BCUT2D eigenvalue weighted by Gasteiger charge is -2.04. The number of nitrogens with two attached hydrogens (primary N) is 1. The number of amides is 1. The largest absolute Gasteiger partial charge is 0.444 e. The Kier molecular flexibility index (Phi) is 4.06. The second kappa shape index (κ2) is 5.75. The van der Waals surface area contributed by atoms with Crippen LogP contribution in [0.4, 0.5) is 5.69 Å². The van der Waals surface area contributed by atoms with E-state index in [0.29, 0.717) is 22.2 Å². The predicted molar refractivity (Wildman–Crippen MR) is 72.9 cm³/mol. The zero-order valence-corrected chi connectivity index (χ0v) is 11.2. The molecule has 0 spiro atoms. The van der Waals surface area contributed by atoms with Crippen LogP contribution in [0.15, 0.2) is 28.8 Å². The van der Waals surface area contributed by atoms with Crippen LogP contribution >= 0.6 is 11.6 Å². The van der Waals surface area contributed by atoms with Gasteiger partial charge in [-0.2, -0.15) is 0 Å². The molecule has 2 rings (SSSR count). The number of anilines is 1. The highest BCUT2D eigenvalue weighted by molar-refractivity contribution is 6.33. The van der Waals surface area contributed by atoms with Crippen molar-refractivity contribution in [2.75, 3.05) is 5.73 Å². The average molecular weight is 280 g/mol. The molecule has 1 aromatic carbocycles. The molecule has 100 valence electrons. The van der Waals surface area contributed by atoms with Crippen LogP contribution in [0.25, 0.3) is 0 Å². The second-order valence-corrected chi connectivity index (χ2v) is 4.40. The topological polar surface area (TPSA) is 81.2 Å². The monoisotopic (exact) mass is 279 g/mol. The number of aryl methyl sites for hydroxylation is 1. The summed E-state index contributed by atoms with van der Waals surface area (Å²) in [6.45, 7) is 2.21. The molecule has 0 bridgehead atoms. The van der Waals surface area contributed by atoms with Gasteiger partial charge in [-0.3, -0.25) is 4.79 Å². The molecule has 1 aromatic heterocycles. The Hall–Kier alpha value is -2.01. The molecule has 5 nitrogen and oxygen atoms in total. The van der Waals surface area contributed by atoms with Crippen LogP contribution in [0.1, 0.15) is 28.9 Å². The summed E-state index contributed by atoms with van der Waals surface area (Å²) in [5.74, 6) is 1.02.